The second kappa shape index (κ2) is 6.27. The van der Waals surface area contributed by atoms with Gasteiger partial charge in [0.15, 0.2) is 17.9 Å². The number of alkyl halides is 4. The van der Waals surface area contributed by atoms with Gasteiger partial charge in [-0.2, -0.15) is 13.2 Å². The molecular weight excluding hydrogens is 346 g/mol. The molecule has 1 aromatic carbocycles. The fourth-order valence-electron chi connectivity index (χ4n) is 2.30. The second-order valence-corrected chi connectivity index (χ2v) is 5.23. The highest BCUT2D eigenvalue weighted by Gasteiger charge is 2.33. The summed E-state index contributed by atoms with van der Waals surface area (Å²) in [6.07, 6.45) is -2.80. The standard InChI is InChI=1S/C17H10F6N2/c18-12-6-4-10(8-13(12)19)11-5-7-15(20)25(9-11)16-3-1-2-14(24-16)17(21,22)23/h1-9,15H. The molecule has 0 aliphatic carbocycles. The molecule has 25 heavy (non-hydrogen) atoms. The number of aromatic nitrogens is 1. The number of allylic oxidation sites excluding steroid dienone is 2. The maximum absolute atomic E-state index is 14.1. The zero-order chi connectivity index (χ0) is 18.2. The van der Waals surface area contributed by atoms with Gasteiger partial charge in [0.2, 0.25) is 0 Å². The highest BCUT2D eigenvalue weighted by molar-refractivity contribution is 5.78. The Morgan fingerprint density at radius 2 is 1.76 bits per heavy atom. The van der Waals surface area contributed by atoms with E-state index in [1.165, 1.54) is 24.4 Å². The van der Waals surface area contributed by atoms with Crippen molar-refractivity contribution in [3.05, 3.63) is 77.6 Å². The number of pyridine rings is 1. The van der Waals surface area contributed by atoms with E-state index in [0.717, 1.165) is 35.2 Å². The minimum Gasteiger partial charge on any atom is -0.298 e. The van der Waals surface area contributed by atoms with Gasteiger partial charge in [-0.1, -0.05) is 18.2 Å². The van der Waals surface area contributed by atoms with Gasteiger partial charge < -0.3 is 0 Å². The average molecular weight is 356 g/mol. The number of hydrogen-bond acceptors (Lipinski definition) is 2. The average Bonchev–Trinajstić information content (AvgIpc) is 2.57. The minimum atomic E-state index is -4.67. The molecule has 0 radical (unpaired) electrons. The largest absolute Gasteiger partial charge is 0.433 e. The molecular formula is C17H10F6N2. The molecule has 2 heterocycles. The highest BCUT2D eigenvalue weighted by atomic mass is 19.4. The van der Waals surface area contributed by atoms with Crippen LogP contribution >= 0.6 is 0 Å². The zero-order valence-electron chi connectivity index (χ0n) is 12.4. The SMILES string of the molecule is Fc1ccc(C2=CN(c3cccc(C(F)(F)F)n3)C(F)C=C2)cc1F. The van der Waals surface area contributed by atoms with Crippen LogP contribution in [0.1, 0.15) is 11.3 Å². The van der Waals surface area contributed by atoms with E-state index >= 15 is 0 Å². The van der Waals surface area contributed by atoms with E-state index in [-0.39, 0.29) is 11.4 Å². The molecule has 1 aromatic heterocycles. The lowest BCUT2D eigenvalue weighted by Gasteiger charge is -2.26. The zero-order valence-corrected chi connectivity index (χ0v) is 12.4. The van der Waals surface area contributed by atoms with Crippen LogP contribution in [-0.2, 0) is 6.18 Å². The summed E-state index contributed by atoms with van der Waals surface area (Å²) in [7, 11) is 0. The summed E-state index contributed by atoms with van der Waals surface area (Å²) in [4.78, 5) is 4.31. The summed E-state index contributed by atoms with van der Waals surface area (Å²) in [5, 5.41) is 0. The third-order valence-electron chi connectivity index (χ3n) is 3.52. The van der Waals surface area contributed by atoms with Gasteiger partial charge in [0.25, 0.3) is 0 Å². The number of nitrogens with zero attached hydrogens (tertiary/aromatic N) is 2. The van der Waals surface area contributed by atoms with E-state index in [1.807, 2.05) is 0 Å². The van der Waals surface area contributed by atoms with Crippen LogP contribution in [-0.4, -0.2) is 11.3 Å². The van der Waals surface area contributed by atoms with E-state index in [9.17, 15) is 26.3 Å². The fourth-order valence-corrected chi connectivity index (χ4v) is 2.30. The summed E-state index contributed by atoms with van der Waals surface area (Å²) in [5.41, 5.74) is -0.611. The maximum atomic E-state index is 14.1. The minimum absolute atomic E-state index is 0.249. The second-order valence-electron chi connectivity index (χ2n) is 5.23. The molecule has 130 valence electrons. The van der Waals surface area contributed by atoms with Gasteiger partial charge in [0.05, 0.1) is 0 Å². The van der Waals surface area contributed by atoms with Crippen molar-refractivity contribution in [1.29, 1.82) is 0 Å². The Labute approximate surface area is 138 Å². The normalized spacial score (nSPS) is 17.6. The molecule has 2 nitrogen and oxygen atoms in total. The molecule has 1 atom stereocenters. The number of halogens is 6. The predicted octanol–water partition coefficient (Wildman–Crippen LogP) is 5.09. The molecule has 8 heteroatoms. The Balaban J connectivity index is 2.00. The quantitative estimate of drug-likeness (QED) is 0.550. The third kappa shape index (κ3) is 3.52. The van der Waals surface area contributed by atoms with Gasteiger partial charge in [0.1, 0.15) is 11.5 Å². The van der Waals surface area contributed by atoms with Crippen molar-refractivity contribution in [1.82, 2.24) is 4.98 Å². The van der Waals surface area contributed by atoms with E-state index in [4.69, 9.17) is 0 Å². The van der Waals surface area contributed by atoms with Gasteiger partial charge in [-0.05, 0) is 41.5 Å². The maximum Gasteiger partial charge on any atom is 0.433 e. The number of anilines is 1. The lowest BCUT2D eigenvalue weighted by molar-refractivity contribution is -0.141. The molecule has 3 rings (SSSR count). The first-order valence-electron chi connectivity index (χ1n) is 7.08. The molecule has 0 spiro atoms. The fraction of sp³-hybridized carbons (Fsp3) is 0.118. The number of benzene rings is 1. The van der Waals surface area contributed by atoms with E-state index in [1.54, 1.807) is 0 Å². The highest BCUT2D eigenvalue weighted by Crippen LogP contribution is 2.31. The Hall–Kier alpha value is -2.77. The van der Waals surface area contributed by atoms with Crippen molar-refractivity contribution in [2.45, 2.75) is 12.5 Å². The Morgan fingerprint density at radius 1 is 1.00 bits per heavy atom. The van der Waals surface area contributed by atoms with Gasteiger partial charge in [-0.3, -0.25) is 4.90 Å². The lowest BCUT2D eigenvalue weighted by atomic mass is 10.0. The molecule has 0 saturated heterocycles. The van der Waals surface area contributed by atoms with Crippen LogP contribution in [0.4, 0.5) is 32.2 Å². The van der Waals surface area contributed by atoms with Crippen LogP contribution in [0.2, 0.25) is 0 Å². The summed E-state index contributed by atoms with van der Waals surface area (Å²) < 4.78 is 78.8. The molecule has 0 saturated carbocycles. The number of rotatable bonds is 2. The van der Waals surface area contributed by atoms with Crippen LogP contribution in [0.25, 0.3) is 5.57 Å². The van der Waals surface area contributed by atoms with Crippen LogP contribution < -0.4 is 4.90 Å². The van der Waals surface area contributed by atoms with Crippen LogP contribution in [0, 0.1) is 11.6 Å². The van der Waals surface area contributed by atoms with Crippen molar-refractivity contribution in [3.8, 4) is 0 Å². The van der Waals surface area contributed by atoms with Crippen LogP contribution in [0.15, 0.2) is 54.8 Å². The van der Waals surface area contributed by atoms with Gasteiger partial charge in [-0.15, -0.1) is 0 Å². The first-order valence-corrected chi connectivity index (χ1v) is 7.08. The summed E-state index contributed by atoms with van der Waals surface area (Å²) in [6.45, 7) is 0. The van der Waals surface area contributed by atoms with Gasteiger partial charge >= 0.3 is 6.18 Å². The van der Waals surface area contributed by atoms with Crippen molar-refractivity contribution in [2.24, 2.45) is 0 Å². The van der Waals surface area contributed by atoms with Gasteiger partial charge in [-0.25, -0.2) is 18.2 Å². The van der Waals surface area contributed by atoms with E-state index in [2.05, 4.69) is 4.98 Å². The molecule has 0 bridgehead atoms. The molecule has 0 fully saturated rings. The third-order valence-corrected chi connectivity index (χ3v) is 3.52. The Bertz CT molecular complexity index is 856. The smallest absolute Gasteiger partial charge is 0.298 e. The monoisotopic (exact) mass is 356 g/mol. The Morgan fingerprint density at radius 3 is 2.44 bits per heavy atom. The van der Waals surface area contributed by atoms with Crippen LogP contribution in [0.5, 0.6) is 0 Å². The summed E-state index contributed by atoms with van der Waals surface area (Å²) in [6, 6.07) is 6.22. The Kier molecular flexibility index (Phi) is 4.28. The summed E-state index contributed by atoms with van der Waals surface area (Å²) >= 11 is 0. The molecule has 0 N–H and O–H groups in total. The van der Waals surface area contributed by atoms with Crippen molar-refractivity contribution in [2.75, 3.05) is 4.90 Å². The summed E-state index contributed by atoms with van der Waals surface area (Å²) in [5.74, 6) is -2.38. The van der Waals surface area contributed by atoms with Crippen molar-refractivity contribution < 1.29 is 26.3 Å². The predicted molar refractivity (Wildman–Crippen MR) is 80.1 cm³/mol. The molecule has 0 amide bonds. The van der Waals surface area contributed by atoms with Crippen LogP contribution in [0.3, 0.4) is 0 Å². The van der Waals surface area contributed by atoms with E-state index in [0.29, 0.717) is 5.57 Å². The molecule has 1 unspecified atom stereocenters. The first kappa shape index (κ1) is 17.1. The lowest BCUT2D eigenvalue weighted by Crippen LogP contribution is -2.28. The van der Waals surface area contributed by atoms with E-state index < -0.39 is 29.8 Å². The number of hydrogen-bond donors (Lipinski definition) is 0. The van der Waals surface area contributed by atoms with Crippen molar-refractivity contribution in [3.63, 3.8) is 0 Å². The first-order chi connectivity index (χ1) is 11.8. The molecule has 1 aliphatic rings. The molecule has 1 aliphatic heterocycles. The molecule has 2 aromatic rings. The van der Waals surface area contributed by atoms with Crippen molar-refractivity contribution >= 4 is 11.4 Å². The topological polar surface area (TPSA) is 16.1 Å². The van der Waals surface area contributed by atoms with Gasteiger partial charge in [0, 0.05) is 6.20 Å².